The van der Waals surface area contributed by atoms with Gasteiger partial charge in [0.05, 0.1) is 36.5 Å². The van der Waals surface area contributed by atoms with Crippen molar-refractivity contribution in [2.45, 2.75) is 26.0 Å². The van der Waals surface area contributed by atoms with Crippen LogP contribution in [0.5, 0.6) is 5.75 Å². The topological polar surface area (TPSA) is 94.5 Å². The molecule has 32 heavy (non-hydrogen) atoms. The first-order valence-electron chi connectivity index (χ1n) is 10.0. The summed E-state index contributed by atoms with van der Waals surface area (Å²) >= 11 is 6.21. The summed E-state index contributed by atoms with van der Waals surface area (Å²) in [6.07, 6.45) is -0.0841. The summed E-state index contributed by atoms with van der Waals surface area (Å²) in [7, 11) is 3.18. The number of benzene rings is 2. The predicted molar refractivity (Wildman–Crippen MR) is 122 cm³/mol. The molecule has 0 bridgehead atoms. The van der Waals surface area contributed by atoms with Crippen molar-refractivity contribution in [1.82, 2.24) is 9.78 Å². The van der Waals surface area contributed by atoms with Gasteiger partial charge in [0.25, 0.3) is 5.91 Å². The van der Waals surface area contributed by atoms with E-state index in [-0.39, 0.29) is 24.8 Å². The summed E-state index contributed by atoms with van der Waals surface area (Å²) in [6.45, 7) is 2.17. The number of rotatable bonds is 7. The molecule has 1 aromatic heterocycles. The lowest BCUT2D eigenvalue weighted by atomic mass is 10.1. The fourth-order valence-corrected chi connectivity index (χ4v) is 4.00. The highest BCUT2D eigenvalue weighted by Gasteiger charge is 2.37. The third-order valence-electron chi connectivity index (χ3n) is 5.26. The van der Waals surface area contributed by atoms with E-state index < -0.39 is 6.04 Å². The van der Waals surface area contributed by atoms with Crippen molar-refractivity contribution in [1.29, 1.82) is 0 Å². The normalized spacial score (nSPS) is 14.8. The number of methoxy groups -OCH3 is 2. The number of aromatic nitrogens is 2. The third kappa shape index (κ3) is 4.19. The molecule has 9 heteroatoms. The van der Waals surface area contributed by atoms with Crippen molar-refractivity contribution >= 4 is 34.9 Å². The lowest BCUT2D eigenvalue weighted by Gasteiger charge is -2.11. The Labute approximate surface area is 190 Å². The SMILES string of the molecule is COCc1nn2c(c1-c1ccc(OC)cc1)NC(=O)C2CC(=O)Nc1ccc(C)cc1Cl. The minimum atomic E-state index is -0.781. The molecule has 4 rings (SSSR count). The first kappa shape index (κ1) is 21.9. The van der Waals surface area contributed by atoms with E-state index in [2.05, 4.69) is 15.7 Å². The van der Waals surface area contributed by atoms with Crippen LogP contribution in [0.1, 0.15) is 23.7 Å². The maximum Gasteiger partial charge on any atom is 0.251 e. The zero-order chi connectivity index (χ0) is 22.8. The number of hydrogen-bond donors (Lipinski definition) is 2. The molecule has 166 valence electrons. The summed E-state index contributed by atoms with van der Waals surface area (Å²) in [5, 5.41) is 10.7. The lowest BCUT2D eigenvalue weighted by molar-refractivity contribution is -0.123. The Hall–Kier alpha value is -3.36. The predicted octanol–water partition coefficient (Wildman–Crippen LogP) is 4.19. The fraction of sp³-hybridized carbons (Fsp3) is 0.261. The second kappa shape index (κ2) is 9.02. The summed E-state index contributed by atoms with van der Waals surface area (Å²) < 4.78 is 12.1. The minimum absolute atomic E-state index is 0.0841. The second-order valence-corrected chi connectivity index (χ2v) is 7.92. The number of nitrogens with zero attached hydrogens (tertiary/aromatic N) is 2. The van der Waals surface area contributed by atoms with Crippen molar-refractivity contribution in [3.05, 3.63) is 58.7 Å². The van der Waals surface area contributed by atoms with Gasteiger partial charge in [0.2, 0.25) is 5.91 Å². The van der Waals surface area contributed by atoms with E-state index in [0.717, 1.165) is 22.4 Å². The zero-order valence-electron chi connectivity index (χ0n) is 17.9. The number of amides is 2. The molecule has 0 radical (unpaired) electrons. The Kier molecular flexibility index (Phi) is 6.16. The van der Waals surface area contributed by atoms with Gasteiger partial charge < -0.3 is 20.1 Å². The van der Waals surface area contributed by atoms with E-state index in [1.807, 2.05) is 37.3 Å². The molecule has 1 aliphatic rings. The average molecular weight is 455 g/mol. The van der Waals surface area contributed by atoms with Gasteiger partial charge in [-0.1, -0.05) is 29.8 Å². The van der Waals surface area contributed by atoms with Crippen LogP contribution in [-0.4, -0.2) is 35.8 Å². The number of carbonyl (C=O) groups is 2. The van der Waals surface area contributed by atoms with Gasteiger partial charge >= 0.3 is 0 Å². The Morgan fingerprint density at radius 1 is 1.22 bits per heavy atom. The van der Waals surface area contributed by atoms with E-state index in [4.69, 9.17) is 21.1 Å². The van der Waals surface area contributed by atoms with Crippen molar-refractivity contribution < 1.29 is 19.1 Å². The van der Waals surface area contributed by atoms with Gasteiger partial charge in [0.1, 0.15) is 17.6 Å². The van der Waals surface area contributed by atoms with Crippen molar-refractivity contribution in [3.63, 3.8) is 0 Å². The van der Waals surface area contributed by atoms with Crippen molar-refractivity contribution in [3.8, 4) is 16.9 Å². The molecule has 0 saturated carbocycles. The van der Waals surface area contributed by atoms with Crippen LogP contribution in [0.4, 0.5) is 11.5 Å². The number of fused-ring (bicyclic) bond motifs is 1. The standard InChI is InChI=1S/C23H23ClN4O4/c1-13-4-9-17(16(24)10-13)25-20(29)11-19-23(30)26-22-21(18(12-31-2)27-28(19)22)14-5-7-15(32-3)8-6-14/h4-10,19H,11-12H2,1-3H3,(H,25,29)(H,26,30). The summed E-state index contributed by atoms with van der Waals surface area (Å²) in [4.78, 5) is 25.4. The van der Waals surface area contributed by atoms with Crippen LogP contribution < -0.4 is 15.4 Å². The van der Waals surface area contributed by atoms with Crippen LogP contribution in [0.15, 0.2) is 42.5 Å². The van der Waals surface area contributed by atoms with E-state index in [0.29, 0.717) is 22.2 Å². The highest BCUT2D eigenvalue weighted by atomic mass is 35.5. The number of aryl methyl sites for hydroxylation is 1. The summed E-state index contributed by atoms with van der Waals surface area (Å²) in [6, 6.07) is 12.0. The van der Waals surface area contributed by atoms with Crippen molar-refractivity contribution in [2.75, 3.05) is 24.9 Å². The van der Waals surface area contributed by atoms with Crippen LogP contribution in [0.2, 0.25) is 5.02 Å². The molecule has 0 fully saturated rings. The smallest absolute Gasteiger partial charge is 0.251 e. The van der Waals surface area contributed by atoms with Gasteiger partial charge in [-0.05, 0) is 42.3 Å². The van der Waals surface area contributed by atoms with E-state index >= 15 is 0 Å². The summed E-state index contributed by atoms with van der Waals surface area (Å²) in [5.41, 5.74) is 3.77. The highest BCUT2D eigenvalue weighted by Crippen LogP contribution is 2.39. The number of nitrogens with one attached hydrogen (secondary N) is 2. The molecule has 1 atom stereocenters. The third-order valence-corrected chi connectivity index (χ3v) is 5.57. The minimum Gasteiger partial charge on any atom is -0.497 e. The number of hydrogen-bond acceptors (Lipinski definition) is 5. The fourth-order valence-electron chi connectivity index (χ4n) is 3.71. The van der Waals surface area contributed by atoms with Crippen LogP contribution in [0.3, 0.4) is 0 Å². The van der Waals surface area contributed by atoms with Gasteiger partial charge in [0.15, 0.2) is 0 Å². The number of ether oxygens (including phenoxy) is 2. The van der Waals surface area contributed by atoms with E-state index in [1.165, 1.54) is 0 Å². The molecule has 1 unspecified atom stereocenters. The van der Waals surface area contributed by atoms with E-state index in [1.54, 1.807) is 31.0 Å². The Bertz CT molecular complexity index is 1170. The molecule has 2 aromatic carbocycles. The lowest BCUT2D eigenvalue weighted by Crippen LogP contribution is -2.24. The molecule has 0 spiro atoms. The summed E-state index contributed by atoms with van der Waals surface area (Å²) in [5.74, 6) is 0.632. The molecule has 2 heterocycles. The first-order chi connectivity index (χ1) is 15.4. The van der Waals surface area contributed by atoms with Crippen LogP contribution in [-0.2, 0) is 20.9 Å². The van der Waals surface area contributed by atoms with Crippen LogP contribution >= 0.6 is 11.6 Å². The maximum absolute atomic E-state index is 12.7. The molecule has 2 N–H and O–H groups in total. The van der Waals surface area contributed by atoms with E-state index in [9.17, 15) is 9.59 Å². The molecule has 8 nitrogen and oxygen atoms in total. The number of carbonyl (C=O) groups excluding carboxylic acids is 2. The van der Waals surface area contributed by atoms with Gasteiger partial charge in [-0.25, -0.2) is 4.68 Å². The quantitative estimate of drug-likeness (QED) is 0.558. The molecule has 0 saturated heterocycles. The van der Waals surface area contributed by atoms with Gasteiger partial charge in [0, 0.05) is 12.7 Å². The number of anilines is 2. The molecule has 0 aliphatic carbocycles. The molecule has 2 amide bonds. The maximum atomic E-state index is 12.7. The van der Waals surface area contributed by atoms with Crippen LogP contribution in [0, 0.1) is 6.92 Å². The monoisotopic (exact) mass is 454 g/mol. The Morgan fingerprint density at radius 2 is 1.97 bits per heavy atom. The average Bonchev–Trinajstić information content (AvgIpc) is 3.25. The largest absolute Gasteiger partial charge is 0.497 e. The first-order valence-corrected chi connectivity index (χ1v) is 10.4. The second-order valence-electron chi connectivity index (χ2n) is 7.52. The Balaban J connectivity index is 1.62. The molecular weight excluding hydrogens is 432 g/mol. The van der Waals surface area contributed by atoms with Gasteiger partial charge in [-0.3, -0.25) is 9.59 Å². The number of halogens is 1. The highest BCUT2D eigenvalue weighted by molar-refractivity contribution is 6.33. The van der Waals surface area contributed by atoms with Crippen LogP contribution in [0.25, 0.3) is 11.1 Å². The van der Waals surface area contributed by atoms with Crippen molar-refractivity contribution in [2.24, 2.45) is 0 Å². The molecule has 3 aromatic rings. The molecule has 1 aliphatic heterocycles. The zero-order valence-corrected chi connectivity index (χ0v) is 18.7. The Morgan fingerprint density at radius 3 is 2.62 bits per heavy atom. The van der Waals surface area contributed by atoms with Gasteiger partial charge in [-0.15, -0.1) is 0 Å². The molecular formula is C23H23ClN4O4. The van der Waals surface area contributed by atoms with Gasteiger partial charge in [-0.2, -0.15) is 5.10 Å².